The fraction of sp³-hybridized carbons (Fsp3) is 0.0952. The lowest BCUT2D eigenvalue weighted by molar-refractivity contribution is 0.0958. The highest BCUT2D eigenvalue weighted by molar-refractivity contribution is 7.80. The Labute approximate surface area is 179 Å². The number of rotatable bonds is 5. The molecule has 8 heteroatoms. The van der Waals surface area contributed by atoms with Gasteiger partial charge in [-0.3, -0.25) is 9.78 Å². The molecular weight excluding hydrogens is 408 g/mol. The molecule has 1 aromatic heterocycles. The zero-order chi connectivity index (χ0) is 20.8. The van der Waals surface area contributed by atoms with E-state index in [1.54, 1.807) is 31.3 Å². The van der Waals surface area contributed by atoms with Crippen molar-refractivity contribution in [1.29, 1.82) is 0 Å². The van der Waals surface area contributed by atoms with E-state index in [2.05, 4.69) is 20.9 Å². The number of nitrogens with zero attached hydrogens (tertiary/aromatic N) is 1. The number of hydrogen-bond acceptors (Lipinski definition) is 4. The van der Waals surface area contributed by atoms with Crippen LogP contribution in [-0.4, -0.2) is 23.1 Å². The molecule has 0 bridgehead atoms. The van der Waals surface area contributed by atoms with E-state index in [1.807, 2.05) is 37.3 Å². The summed E-state index contributed by atoms with van der Waals surface area (Å²) in [5.74, 6) is 0.873. The quantitative estimate of drug-likeness (QED) is 0.498. The van der Waals surface area contributed by atoms with Crippen molar-refractivity contribution in [1.82, 2.24) is 10.3 Å². The number of halogens is 1. The van der Waals surface area contributed by atoms with Gasteiger partial charge in [-0.1, -0.05) is 11.6 Å². The maximum absolute atomic E-state index is 11.7. The third-order valence-corrected chi connectivity index (χ3v) is 4.58. The van der Waals surface area contributed by atoms with Crippen LogP contribution in [0.1, 0.15) is 16.1 Å². The van der Waals surface area contributed by atoms with Crippen molar-refractivity contribution in [3.63, 3.8) is 0 Å². The molecule has 3 N–H and O–H groups in total. The standard InChI is InChI=1S/C21H19ClN4O2S/c1-13-11-15(5-8-18(13)22)26-21(29)25-14-3-6-16(7-4-14)28-17-9-10-24-19(12-17)20(27)23-2/h3-12H,1-2H3,(H,23,27)(H2,25,26,29). The Morgan fingerprint density at radius 1 is 1.00 bits per heavy atom. The van der Waals surface area contributed by atoms with E-state index < -0.39 is 0 Å². The van der Waals surface area contributed by atoms with Crippen LogP contribution in [0.3, 0.4) is 0 Å². The predicted octanol–water partition coefficient (Wildman–Crippen LogP) is 5.00. The first kappa shape index (κ1) is 20.6. The third-order valence-electron chi connectivity index (χ3n) is 3.95. The lowest BCUT2D eigenvalue weighted by atomic mass is 10.2. The van der Waals surface area contributed by atoms with E-state index >= 15 is 0 Å². The Hall–Kier alpha value is -3.16. The highest BCUT2D eigenvalue weighted by atomic mass is 35.5. The largest absolute Gasteiger partial charge is 0.457 e. The summed E-state index contributed by atoms with van der Waals surface area (Å²) >= 11 is 11.4. The van der Waals surface area contributed by atoms with Crippen LogP contribution in [0.2, 0.25) is 5.02 Å². The SMILES string of the molecule is CNC(=O)c1cc(Oc2ccc(NC(=S)Nc3ccc(Cl)c(C)c3)cc2)ccn1. The maximum atomic E-state index is 11.7. The van der Waals surface area contributed by atoms with E-state index in [0.29, 0.717) is 21.6 Å². The summed E-state index contributed by atoms with van der Waals surface area (Å²) in [4.78, 5) is 15.7. The Balaban J connectivity index is 1.60. The summed E-state index contributed by atoms with van der Waals surface area (Å²) in [6.45, 7) is 1.93. The lowest BCUT2D eigenvalue weighted by Crippen LogP contribution is -2.19. The van der Waals surface area contributed by atoms with E-state index in [1.165, 1.54) is 6.20 Å². The highest BCUT2D eigenvalue weighted by Gasteiger charge is 2.07. The number of nitrogens with one attached hydrogen (secondary N) is 3. The third kappa shape index (κ3) is 5.66. The van der Waals surface area contributed by atoms with Gasteiger partial charge in [-0.2, -0.15) is 0 Å². The van der Waals surface area contributed by atoms with Crippen LogP contribution in [0.4, 0.5) is 11.4 Å². The van der Waals surface area contributed by atoms with Gasteiger partial charge in [0.1, 0.15) is 17.2 Å². The van der Waals surface area contributed by atoms with Gasteiger partial charge >= 0.3 is 0 Å². The number of amides is 1. The molecule has 148 valence electrons. The Morgan fingerprint density at radius 2 is 1.69 bits per heavy atom. The Kier molecular flexibility index (Phi) is 6.64. The van der Waals surface area contributed by atoms with Gasteiger partial charge in [0, 0.05) is 35.7 Å². The van der Waals surface area contributed by atoms with Crippen LogP contribution in [-0.2, 0) is 0 Å². The molecule has 2 aromatic carbocycles. The monoisotopic (exact) mass is 426 g/mol. The summed E-state index contributed by atoms with van der Waals surface area (Å²) in [5, 5.41) is 9.94. The van der Waals surface area contributed by atoms with Crippen molar-refractivity contribution >= 4 is 46.2 Å². The molecule has 0 aliphatic rings. The average molecular weight is 427 g/mol. The van der Waals surface area contributed by atoms with E-state index in [9.17, 15) is 4.79 Å². The molecular formula is C21H19ClN4O2S. The van der Waals surface area contributed by atoms with E-state index in [0.717, 1.165) is 16.9 Å². The molecule has 1 amide bonds. The molecule has 0 aliphatic carbocycles. The van der Waals surface area contributed by atoms with E-state index in [4.69, 9.17) is 28.6 Å². The van der Waals surface area contributed by atoms with Crippen LogP contribution < -0.4 is 20.7 Å². The van der Waals surface area contributed by atoms with Crippen molar-refractivity contribution in [2.24, 2.45) is 0 Å². The van der Waals surface area contributed by atoms with Crippen LogP contribution in [0.15, 0.2) is 60.8 Å². The first-order valence-corrected chi connectivity index (χ1v) is 9.53. The number of hydrogen-bond donors (Lipinski definition) is 3. The molecule has 0 saturated carbocycles. The van der Waals surface area contributed by atoms with E-state index in [-0.39, 0.29) is 11.6 Å². The van der Waals surface area contributed by atoms with Crippen molar-refractivity contribution < 1.29 is 9.53 Å². The van der Waals surface area contributed by atoms with Gasteiger partial charge < -0.3 is 20.7 Å². The number of thiocarbonyl (C=S) groups is 1. The second-order valence-electron chi connectivity index (χ2n) is 6.13. The van der Waals surface area contributed by atoms with Crippen LogP contribution in [0.25, 0.3) is 0 Å². The van der Waals surface area contributed by atoms with Crippen LogP contribution >= 0.6 is 23.8 Å². The topological polar surface area (TPSA) is 75.3 Å². The minimum atomic E-state index is -0.271. The molecule has 6 nitrogen and oxygen atoms in total. The highest BCUT2D eigenvalue weighted by Crippen LogP contribution is 2.24. The summed E-state index contributed by atoms with van der Waals surface area (Å²) in [6.07, 6.45) is 1.53. The van der Waals surface area contributed by atoms with Gasteiger partial charge in [0.2, 0.25) is 0 Å². The molecule has 0 unspecified atom stereocenters. The van der Waals surface area contributed by atoms with Gasteiger partial charge in [-0.25, -0.2) is 0 Å². The molecule has 0 radical (unpaired) electrons. The molecule has 0 fully saturated rings. The smallest absolute Gasteiger partial charge is 0.269 e. The number of ether oxygens (including phenoxy) is 1. The number of carbonyl (C=O) groups excluding carboxylic acids is 1. The molecule has 0 atom stereocenters. The zero-order valence-corrected chi connectivity index (χ0v) is 17.4. The Morgan fingerprint density at radius 3 is 2.38 bits per heavy atom. The summed E-state index contributed by atoms with van der Waals surface area (Å²) in [7, 11) is 1.55. The fourth-order valence-electron chi connectivity index (χ4n) is 2.49. The number of aryl methyl sites for hydroxylation is 1. The second-order valence-corrected chi connectivity index (χ2v) is 6.94. The lowest BCUT2D eigenvalue weighted by Gasteiger charge is -2.12. The zero-order valence-electron chi connectivity index (χ0n) is 15.8. The molecule has 29 heavy (non-hydrogen) atoms. The molecule has 3 aromatic rings. The molecule has 1 heterocycles. The maximum Gasteiger partial charge on any atom is 0.269 e. The molecule has 0 spiro atoms. The average Bonchev–Trinajstić information content (AvgIpc) is 2.72. The fourth-order valence-corrected chi connectivity index (χ4v) is 2.84. The van der Waals surface area contributed by atoms with Gasteiger partial charge in [0.15, 0.2) is 5.11 Å². The van der Waals surface area contributed by atoms with Gasteiger partial charge in [-0.15, -0.1) is 0 Å². The number of benzene rings is 2. The van der Waals surface area contributed by atoms with Crippen molar-refractivity contribution in [2.75, 3.05) is 17.7 Å². The van der Waals surface area contributed by atoms with Crippen molar-refractivity contribution in [2.45, 2.75) is 6.92 Å². The molecule has 3 rings (SSSR count). The molecule has 0 aliphatic heterocycles. The Bertz CT molecular complexity index is 1040. The minimum Gasteiger partial charge on any atom is -0.457 e. The summed E-state index contributed by atoms with van der Waals surface area (Å²) in [6, 6.07) is 16.2. The number of pyridine rings is 1. The van der Waals surface area contributed by atoms with Crippen molar-refractivity contribution in [3.05, 3.63) is 77.1 Å². The number of aromatic nitrogens is 1. The summed E-state index contributed by atoms with van der Waals surface area (Å²) < 4.78 is 5.78. The minimum absolute atomic E-state index is 0.271. The normalized spacial score (nSPS) is 10.2. The first-order valence-electron chi connectivity index (χ1n) is 8.75. The first-order chi connectivity index (χ1) is 13.9. The van der Waals surface area contributed by atoms with Gasteiger partial charge in [0.25, 0.3) is 5.91 Å². The molecule has 0 saturated heterocycles. The van der Waals surface area contributed by atoms with Crippen LogP contribution in [0.5, 0.6) is 11.5 Å². The van der Waals surface area contributed by atoms with Crippen molar-refractivity contribution in [3.8, 4) is 11.5 Å². The number of anilines is 2. The van der Waals surface area contributed by atoms with Crippen LogP contribution in [0, 0.1) is 6.92 Å². The predicted molar refractivity (Wildman–Crippen MR) is 120 cm³/mol. The summed E-state index contributed by atoms with van der Waals surface area (Å²) in [5.41, 5.74) is 2.92. The number of carbonyl (C=O) groups is 1. The van der Waals surface area contributed by atoms with Gasteiger partial charge in [-0.05, 0) is 73.2 Å². The second kappa shape index (κ2) is 9.36. The van der Waals surface area contributed by atoms with Gasteiger partial charge in [0.05, 0.1) is 0 Å².